The molecule has 2 fully saturated rings. The molecule has 154 valence electrons. The van der Waals surface area contributed by atoms with Gasteiger partial charge in [-0.05, 0) is 49.2 Å². The Kier molecular flexibility index (Phi) is 6.20. The molecule has 2 aromatic rings. The van der Waals surface area contributed by atoms with Crippen molar-refractivity contribution >= 4 is 11.6 Å². The maximum Gasteiger partial charge on any atom is 0.253 e. The second-order valence-corrected chi connectivity index (χ2v) is 7.45. The molecule has 0 spiro atoms. The van der Waals surface area contributed by atoms with Gasteiger partial charge in [0.05, 0.1) is 13.2 Å². The Morgan fingerprint density at radius 3 is 2.55 bits per heavy atom. The van der Waals surface area contributed by atoms with Crippen LogP contribution in [0.2, 0.25) is 0 Å². The summed E-state index contributed by atoms with van der Waals surface area (Å²) in [5.41, 5.74) is 1.83. The molecule has 4 rings (SSSR count). The summed E-state index contributed by atoms with van der Waals surface area (Å²) in [6, 6.07) is 15.5. The number of carbonyl (C=O) groups is 1. The van der Waals surface area contributed by atoms with Crippen LogP contribution in [0, 0.1) is 0 Å². The summed E-state index contributed by atoms with van der Waals surface area (Å²) in [6.07, 6.45) is 2.35. The maximum atomic E-state index is 12.8. The van der Waals surface area contributed by atoms with E-state index >= 15 is 0 Å². The van der Waals surface area contributed by atoms with Gasteiger partial charge in [0, 0.05) is 50.1 Å². The summed E-state index contributed by atoms with van der Waals surface area (Å²) < 4.78 is 16.7. The summed E-state index contributed by atoms with van der Waals surface area (Å²) in [5, 5.41) is 0. The summed E-state index contributed by atoms with van der Waals surface area (Å²) in [7, 11) is 1.68. The van der Waals surface area contributed by atoms with Gasteiger partial charge in [-0.15, -0.1) is 0 Å². The van der Waals surface area contributed by atoms with Crippen LogP contribution in [0.5, 0.6) is 11.5 Å². The van der Waals surface area contributed by atoms with E-state index < -0.39 is 0 Å². The van der Waals surface area contributed by atoms with Gasteiger partial charge >= 0.3 is 0 Å². The van der Waals surface area contributed by atoms with Gasteiger partial charge in [0.15, 0.2) is 0 Å². The molecule has 6 heteroatoms. The van der Waals surface area contributed by atoms with Crippen molar-refractivity contribution in [2.45, 2.75) is 18.9 Å². The second kappa shape index (κ2) is 9.18. The van der Waals surface area contributed by atoms with Crippen molar-refractivity contribution in [3.8, 4) is 11.5 Å². The van der Waals surface area contributed by atoms with Gasteiger partial charge in [0.1, 0.15) is 18.1 Å². The van der Waals surface area contributed by atoms with Crippen LogP contribution in [-0.2, 0) is 4.74 Å². The Labute approximate surface area is 172 Å². The number of carbonyl (C=O) groups excluding carboxylic acids is 1. The fourth-order valence-corrected chi connectivity index (χ4v) is 3.82. The highest BCUT2D eigenvalue weighted by Crippen LogP contribution is 2.23. The Hall–Kier alpha value is -2.73. The summed E-state index contributed by atoms with van der Waals surface area (Å²) >= 11 is 0. The van der Waals surface area contributed by atoms with Gasteiger partial charge in [-0.25, -0.2) is 0 Å². The average molecular weight is 396 g/mol. The smallest absolute Gasteiger partial charge is 0.253 e. The highest BCUT2D eigenvalue weighted by molar-refractivity contribution is 5.94. The molecule has 2 heterocycles. The van der Waals surface area contributed by atoms with E-state index in [1.165, 1.54) is 0 Å². The Bertz CT molecular complexity index is 810. The van der Waals surface area contributed by atoms with Gasteiger partial charge in [-0.1, -0.05) is 6.07 Å². The minimum absolute atomic E-state index is 0.0703. The van der Waals surface area contributed by atoms with Gasteiger partial charge in [-0.3, -0.25) is 4.79 Å². The molecule has 29 heavy (non-hydrogen) atoms. The number of hydrogen-bond donors (Lipinski definition) is 0. The molecule has 1 unspecified atom stereocenters. The summed E-state index contributed by atoms with van der Waals surface area (Å²) in [4.78, 5) is 17.0. The lowest BCUT2D eigenvalue weighted by molar-refractivity contribution is 0.0678. The van der Waals surface area contributed by atoms with E-state index in [1.807, 2.05) is 47.4 Å². The molecule has 0 aliphatic carbocycles. The van der Waals surface area contributed by atoms with Crippen molar-refractivity contribution in [1.82, 2.24) is 4.90 Å². The van der Waals surface area contributed by atoms with Crippen molar-refractivity contribution in [3.63, 3.8) is 0 Å². The van der Waals surface area contributed by atoms with E-state index in [1.54, 1.807) is 7.11 Å². The average Bonchev–Trinajstić information content (AvgIpc) is 3.31. The van der Waals surface area contributed by atoms with Gasteiger partial charge in [0.2, 0.25) is 0 Å². The quantitative estimate of drug-likeness (QED) is 0.751. The van der Waals surface area contributed by atoms with E-state index in [-0.39, 0.29) is 12.0 Å². The van der Waals surface area contributed by atoms with Crippen LogP contribution >= 0.6 is 0 Å². The molecule has 0 saturated carbocycles. The molecule has 2 aliphatic heterocycles. The molecule has 2 saturated heterocycles. The Morgan fingerprint density at radius 2 is 1.86 bits per heavy atom. The molecule has 0 radical (unpaired) electrons. The number of nitrogens with zero attached hydrogens (tertiary/aromatic N) is 2. The minimum Gasteiger partial charge on any atom is -0.497 e. The number of piperazine rings is 1. The first-order valence-corrected chi connectivity index (χ1v) is 10.3. The van der Waals surface area contributed by atoms with Crippen LogP contribution in [0.3, 0.4) is 0 Å². The van der Waals surface area contributed by atoms with Crippen molar-refractivity contribution in [3.05, 3.63) is 54.1 Å². The Balaban J connectivity index is 1.29. The van der Waals surface area contributed by atoms with E-state index in [0.29, 0.717) is 25.3 Å². The largest absolute Gasteiger partial charge is 0.497 e. The third-order valence-corrected chi connectivity index (χ3v) is 5.55. The molecular formula is C23H28N2O4. The molecule has 6 nitrogen and oxygen atoms in total. The minimum atomic E-state index is 0.0703. The topological polar surface area (TPSA) is 51.2 Å². The number of anilines is 1. The first-order valence-electron chi connectivity index (χ1n) is 10.3. The zero-order valence-electron chi connectivity index (χ0n) is 16.9. The number of amides is 1. The highest BCUT2D eigenvalue weighted by Gasteiger charge is 2.23. The van der Waals surface area contributed by atoms with Crippen molar-refractivity contribution in [2.24, 2.45) is 0 Å². The zero-order valence-corrected chi connectivity index (χ0v) is 16.9. The molecule has 0 N–H and O–H groups in total. The summed E-state index contributed by atoms with van der Waals surface area (Å²) in [6.45, 7) is 4.41. The second-order valence-electron chi connectivity index (χ2n) is 7.45. The highest BCUT2D eigenvalue weighted by atomic mass is 16.5. The number of methoxy groups -OCH3 is 1. The molecule has 2 aromatic carbocycles. The van der Waals surface area contributed by atoms with Crippen molar-refractivity contribution in [2.75, 3.05) is 51.4 Å². The van der Waals surface area contributed by atoms with Crippen molar-refractivity contribution in [1.29, 1.82) is 0 Å². The third kappa shape index (κ3) is 4.82. The molecular weight excluding hydrogens is 368 g/mol. The summed E-state index contributed by atoms with van der Waals surface area (Å²) in [5.74, 6) is 1.70. The monoisotopic (exact) mass is 396 g/mol. The number of ether oxygens (including phenoxy) is 3. The molecule has 0 aromatic heterocycles. The van der Waals surface area contributed by atoms with Crippen LogP contribution in [-0.4, -0.2) is 63.4 Å². The Morgan fingerprint density at radius 1 is 1.07 bits per heavy atom. The predicted molar refractivity (Wildman–Crippen MR) is 112 cm³/mol. The van der Waals surface area contributed by atoms with E-state index in [4.69, 9.17) is 14.2 Å². The molecule has 1 amide bonds. The van der Waals surface area contributed by atoms with Crippen LogP contribution in [0.1, 0.15) is 23.2 Å². The number of hydrogen-bond acceptors (Lipinski definition) is 5. The molecule has 2 aliphatic rings. The number of benzene rings is 2. The SMILES string of the molecule is COc1cccc(N2CCN(C(=O)c3ccc(OCC4CCCO4)cc3)CC2)c1. The third-order valence-electron chi connectivity index (χ3n) is 5.55. The lowest BCUT2D eigenvalue weighted by atomic mass is 10.1. The normalized spacial score (nSPS) is 19.3. The van der Waals surface area contributed by atoms with Crippen LogP contribution in [0.15, 0.2) is 48.5 Å². The first-order chi connectivity index (χ1) is 14.2. The van der Waals surface area contributed by atoms with E-state index in [9.17, 15) is 4.79 Å². The lowest BCUT2D eigenvalue weighted by Crippen LogP contribution is -2.48. The fraction of sp³-hybridized carbons (Fsp3) is 0.435. The van der Waals surface area contributed by atoms with Crippen LogP contribution in [0.4, 0.5) is 5.69 Å². The van der Waals surface area contributed by atoms with Gasteiger partial charge in [0.25, 0.3) is 5.91 Å². The van der Waals surface area contributed by atoms with E-state index in [0.717, 1.165) is 49.7 Å². The molecule has 0 bridgehead atoms. The number of rotatable bonds is 6. The zero-order chi connectivity index (χ0) is 20.1. The van der Waals surface area contributed by atoms with Gasteiger partial charge < -0.3 is 24.0 Å². The van der Waals surface area contributed by atoms with Crippen LogP contribution < -0.4 is 14.4 Å². The lowest BCUT2D eigenvalue weighted by Gasteiger charge is -2.36. The first kappa shape index (κ1) is 19.6. The molecule has 1 atom stereocenters. The van der Waals surface area contributed by atoms with Crippen LogP contribution in [0.25, 0.3) is 0 Å². The van der Waals surface area contributed by atoms with E-state index in [2.05, 4.69) is 11.0 Å². The van der Waals surface area contributed by atoms with Crippen molar-refractivity contribution < 1.29 is 19.0 Å². The fourth-order valence-electron chi connectivity index (χ4n) is 3.82. The standard InChI is InChI=1S/C23H28N2O4/c1-27-21-5-2-4-19(16-21)24-11-13-25(14-12-24)23(26)18-7-9-20(10-8-18)29-17-22-6-3-15-28-22/h2,4-5,7-10,16,22H,3,6,11-15,17H2,1H3. The predicted octanol–water partition coefficient (Wildman–Crippen LogP) is 3.22. The maximum absolute atomic E-state index is 12.8. The van der Waals surface area contributed by atoms with Gasteiger partial charge in [-0.2, -0.15) is 0 Å².